The van der Waals surface area contributed by atoms with Crippen LogP contribution in [0.25, 0.3) is 6.08 Å². The monoisotopic (exact) mass is 407 g/mol. The van der Waals surface area contributed by atoms with Gasteiger partial charge in [0.25, 0.3) is 5.91 Å². The van der Waals surface area contributed by atoms with Gasteiger partial charge in [0.05, 0.1) is 4.48 Å². The van der Waals surface area contributed by atoms with E-state index in [1.54, 1.807) is 6.08 Å². The Morgan fingerprint density at radius 3 is 2.15 bits per heavy atom. The molecule has 0 heterocycles. The van der Waals surface area contributed by atoms with Crippen LogP contribution in [0.4, 0.5) is 5.69 Å². The molecule has 0 aromatic heterocycles. The zero-order chi connectivity index (χ0) is 18.2. The molecule has 0 aliphatic rings. The number of nitrogens with one attached hydrogen (secondary N) is 1. The minimum absolute atomic E-state index is 0.202. The molecule has 130 valence electrons. The summed E-state index contributed by atoms with van der Waals surface area (Å²) in [6.07, 6.45) is 1.78. The van der Waals surface area contributed by atoms with Crippen LogP contribution in [0.1, 0.15) is 11.1 Å². The molecule has 0 spiro atoms. The maximum Gasteiger partial charge on any atom is 0.262 e. The van der Waals surface area contributed by atoms with Crippen molar-refractivity contribution in [2.24, 2.45) is 0 Å². The SMILES string of the molecule is O=C(Nc1ccc(OCc2ccccc2)cc1)C(Br)=Cc1ccccc1. The highest BCUT2D eigenvalue weighted by atomic mass is 79.9. The second kappa shape index (κ2) is 9.02. The quantitative estimate of drug-likeness (QED) is 0.536. The molecule has 3 rings (SSSR count). The summed E-state index contributed by atoms with van der Waals surface area (Å²) in [5.41, 5.74) is 2.78. The molecule has 0 bridgehead atoms. The average molecular weight is 408 g/mol. The van der Waals surface area contributed by atoms with Crippen LogP contribution < -0.4 is 10.1 Å². The van der Waals surface area contributed by atoms with E-state index in [0.29, 0.717) is 16.8 Å². The smallest absolute Gasteiger partial charge is 0.262 e. The summed E-state index contributed by atoms with van der Waals surface area (Å²) in [5.74, 6) is 0.553. The fourth-order valence-corrected chi connectivity index (χ4v) is 2.69. The van der Waals surface area contributed by atoms with Crippen molar-refractivity contribution in [3.63, 3.8) is 0 Å². The van der Waals surface area contributed by atoms with E-state index in [4.69, 9.17) is 4.74 Å². The van der Waals surface area contributed by atoms with E-state index < -0.39 is 0 Å². The highest BCUT2D eigenvalue weighted by molar-refractivity contribution is 9.12. The molecule has 0 aliphatic carbocycles. The number of rotatable bonds is 6. The van der Waals surface area contributed by atoms with Gasteiger partial charge in [-0.25, -0.2) is 0 Å². The van der Waals surface area contributed by atoms with Crippen LogP contribution in [0, 0.1) is 0 Å². The van der Waals surface area contributed by atoms with Crippen LogP contribution >= 0.6 is 15.9 Å². The standard InChI is InChI=1S/C22H18BrNO2/c23-21(15-17-7-3-1-4-8-17)22(25)24-19-11-13-20(14-12-19)26-16-18-9-5-2-6-10-18/h1-15H,16H2,(H,24,25). The molecule has 0 fully saturated rings. The van der Waals surface area contributed by atoms with E-state index in [2.05, 4.69) is 21.2 Å². The molecule has 4 heteroatoms. The molecular formula is C22H18BrNO2. The van der Waals surface area contributed by atoms with Crippen molar-refractivity contribution in [2.45, 2.75) is 6.61 Å². The zero-order valence-electron chi connectivity index (χ0n) is 14.1. The summed E-state index contributed by atoms with van der Waals surface area (Å²) in [7, 11) is 0. The zero-order valence-corrected chi connectivity index (χ0v) is 15.6. The Bertz CT molecular complexity index is 875. The molecule has 0 radical (unpaired) electrons. The summed E-state index contributed by atoms with van der Waals surface area (Å²) < 4.78 is 6.21. The maximum absolute atomic E-state index is 12.3. The molecule has 3 aromatic carbocycles. The molecular weight excluding hydrogens is 390 g/mol. The number of ether oxygens (including phenoxy) is 1. The summed E-state index contributed by atoms with van der Waals surface area (Å²) >= 11 is 3.33. The summed E-state index contributed by atoms with van der Waals surface area (Å²) in [4.78, 5) is 12.3. The summed E-state index contributed by atoms with van der Waals surface area (Å²) in [6.45, 7) is 0.512. The number of halogens is 1. The second-order valence-electron chi connectivity index (χ2n) is 5.66. The van der Waals surface area contributed by atoms with Crippen molar-refractivity contribution >= 4 is 33.6 Å². The Hall–Kier alpha value is -2.85. The Kier molecular flexibility index (Phi) is 6.23. The van der Waals surface area contributed by atoms with Gasteiger partial charge in [0.1, 0.15) is 12.4 Å². The van der Waals surface area contributed by atoms with Gasteiger partial charge < -0.3 is 10.1 Å². The number of benzene rings is 3. The molecule has 0 aliphatic heterocycles. The van der Waals surface area contributed by atoms with Gasteiger partial charge in [-0.05, 0) is 57.4 Å². The third kappa shape index (κ3) is 5.33. The van der Waals surface area contributed by atoms with E-state index in [1.807, 2.05) is 84.9 Å². The maximum atomic E-state index is 12.3. The molecule has 3 nitrogen and oxygen atoms in total. The van der Waals surface area contributed by atoms with Gasteiger partial charge in [-0.2, -0.15) is 0 Å². The van der Waals surface area contributed by atoms with Crippen LogP contribution in [0.5, 0.6) is 5.75 Å². The predicted octanol–water partition coefficient (Wildman–Crippen LogP) is 5.64. The van der Waals surface area contributed by atoms with Gasteiger partial charge in [0.2, 0.25) is 0 Å². The Balaban J connectivity index is 1.56. The highest BCUT2D eigenvalue weighted by Gasteiger charge is 2.07. The van der Waals surface area contributed by atoms with Gasteiger partial charge in [0, 0.05) is 5.69 Å². The lowest BCUT2D eigenvalue weighted by Crippen LogP contribution is -2.11. The lowest BCUT2D eigenvalue weighted by atomic mass is 10.2. The minimum atomic E-state index is -0.202. The predicted molar refractivity (Wildman–Crippen MR) is 109 cm³/mol. The van der Waals surface area contributed by atoms with Crippen LogP contribution in [0.2, 0.25) is 0 Å². The normalized spacial score (nSPS) is 11.0. The van der Waals surface area contributed by atoms with E-state index in [1.165, 1.54) is 0 Å². The molecule has 0 atom stereocenters. The van der Waals surface area contributed by atoms with Crippen molar-refractivity contribution in [1.82, 2.24) is 0 Å². The van der Waals surface area contributed by atoms with Gasteiger partial charge in [-0.1, -0.05) is 60.7 Å². The lowest BCUT2D eigenvalue weighted by molar-refractivity contribution is -0.112. The van der Waals surface area contributed by atoms with E-state index >= 15 is 0 Å². The number of anilines is 1. The average Bonchev–Trinajstić information content (AvgIpc) is 2.69. The number of hydrogen-bond acceptors (Lipinski definition) is 2. The van der Waals surface area contributed by atoms with Crippen molar-refractivity contribution in [3.8, 4) is 5.75 Å². The molecule has 0 saturated carbocycles. The second-order valence-corrected chi connectivity index (χ2v) is 6.51. The molecule has 1 N–H and O–H groups in total. The molecule has 26 heavy (non-hydrogen) atoms. The Morgan fingerprint density at radius 2 is 1.50 bits per heavy atom. The minimum Gasteiger partial charge on any atom is -0.489 e. The number of hydrogen-bond donors (Lipinski definition) is 1. The van der Waals surface area contributed by atoms with Gasteiger partial charge in [-0.3, -0.25) is 4.79 Å². The summed E-state index contributed by atoms with van der Waals surface area (Å²) in [6, 6.07) is 27.0. The first-order valence-electron chi connectivity index (χ1n) is 8.21. The Morgan fingerprint density at radius 1 is 0.885 bits per heavy atom. The van der Waals surface area contributed by atoms with Crippen LogP contribution in [0.15, 0.2) is 89.4 Å². The van der Waals surface area contributed by atoms with Gasteiger partial charge in [-0.15, -0.1) is 0 Å². The third-order valence-electron chi connectivity index (χ3n) is 3.67. The number of carbonyl (C=O) groups excluding carboxylic acids is 1. The van der Waals surface area contributed by atoms with E-state index in [9.17, 15) is 4.79 Å². The van der Waals surface area contributed by atoms with Gasteiger partial charge in [0.15, 0.2) is 0 Å². The molecule has 0 unspecified atom stereocenters. The van der Waals surface area contributed by atoms with Crippen LogP contribution in [-0.2, 0) is 11.4 Å². The van der Waals surface area contributed by atoms with E-state index in [-0.39, 0.29) is 5.91 Å². The fraction of sp³-hybridized carbons (Fsp3) is 0.0455. The van der Waals surface area contributed by atoms with Crippen LogP contribution in [0.3, 0.4) is 0 Å². The van der Waals surface area contributed by atoms with Crippen LogP contribution in [-0.4, -0.2) is 5.91 Å². The fourth-order valence-electron chi connectivity index (χ4n) is 2.33. The molecule has 0 saturated heterocycles. The van der Waals surface area contributed by atoms with Crippen molar-refractivity contribution in [2.75, 3.05) is 5.32 Å². The van der Waals surface area contributed by atoms with Crippen molar-refractivity contribution in [1.29, 1.82) is 0 Å². The summed E-state index contributed by atoms with van der Waals surface area (Å²) in [5, 5.41) is 2.85. The van der Waals surface area contributed by atoms with Crippen molar-refractivity contribution < 1.29 is 9.53 Å². The van der Waals surface area contributed by atoms with E-state index in [0.717, 1.165) is 16.9 Å². The number of carbonyl (C=O) groups is 1. The molecule has 3 aromatic rings. The Labute approximate surface area is 161 Å². The lowest BCUT2D eigenvalue weighted by Gasteiger charge is -2.08. The first-order chi connectivity index (χ1) is 12.7. The topological polar surface area (TPSA) is 38.3 Å². The van der Waals surface area contributed by atoms with Crippen molar-refractivity contribution in [3.05, 3.63) is 101 Å². The molecule has 1 amide bonds. The first kappa shape index (κ1) is 18.0. The number of amides is 1. The highest BCUT2D eigenvalue weighted by Crippen LogP contribution is 2.19. The third-order valence-corrected chi connectivity index (χ3v) is 4.26. The van der Waals surface area contributed by atoms with Gasteiger partial charge >= 0.3 is 0 Å². The first-order valence-corrected chi connectivity index (χ1v) is 9.00. The largest absolute Gasteiger partial charge is 0.489 e.